The van der Waals surface area contributed by atoms with E-state index in [1.165, 1.54) is 6.07 Å². The van der Waals surface area contributed by atoms with E-state index in [0.717, 1.165) is 12.8 Å². The molecule has 1 aromatic rings. The van der Waals surface area contributed by atoms with Gasteiger partial charge in [-0.15, -0.1) is 12.4 Å². The highest BCUT2D eigenvalue weighted by Gasteiger charge is 2.32. The van der Waals surface area contributed by atoms with Crippen molar-refractivity contribution in [1.82, 2.24) is 9.62 Å². The van der Waals surface area contributed by atoms with Crippen LogP contribution in [0.25, 0.3) is 0 Å². The maximum absolute atomic E-state index is 12.5. The Morgan fingerprint density at radius 3 is 2.83 bits per heavy atom. The lowest BCUT2D eigenvalue weighted by atomic mass is 10.1. The molecule has 0 bridgehead atoms. The van der Waals surface area contributed by atoms with Gasteiger partial charge in [0.2, 0.25) is 5.91 Å². The summed E-state index contributed by atoms with van der Waals surface area (Å²) >= 11 is 0. The molecule has 132 valence electrons. The summed E-state index contributed by atoms with van der Waals surface area (Å²) in [5, 5.41) is 0. The number of carbonyl (C=O) groups excluding carboxylic acids is 1. The van der Waals surface area contributed by atoms with Crippen LogP contribution in [0.2, 0.25) is 0 Å². The normalized spacial score (nSPS) is 24.7. The van der Waals surface area contributed by atoms with Crippen molar-refractivity contribution in [3.05, 3.63) is 29.8 Å². The Balaban J connectivity index is 0.00000208. The van der Waals surface area contributed by atoms with Gasteiger partial charge in [-0.2, -0.15) is 0 Å². The molecular weight excluding hydrogens is 352 g/mol. The summed E-state index contributed by atoms with van der Waals surface area (Å²) in [6.07, 6.45) is 1.80. The summed E-state index contributed by atoms with van der Waals surface area (Å²) in [7, 11) is -3.59. The van der Waals surface area contributed by atoms with Crippen LogP contribution in [0.1, 0.15) is 25.3 Å². The van der Waals surface area contributed by atoms with Crippen LogP contribution >= 0.6 is 12.4 Å². The second kappa shape index (κ2) is 7.08. The minimum atomic E-state index is -3.59. The molecule has 9 heteroatoms. The SMILES string of the molecule is CC(N=C1NS(=O)(=O)c2ccccc21)C(=O)N1CCCC(N)C1.Cl. The van der Waals surface area contributed by atoms with E-state index in [9.17, 15) is 13.2 Å². The van der Waals surface area contributed by atoms with E-state index in [-0.39, 0.29) is 35.1 Å². The van der Waals surface area contributed by atoms with Crippen molar-refractivity contribution < 1.29 is 13.2 Å². The van der Waals surface area contributed by atoms with E-state index in [1.54, 1.807) is 30.0 Å². The number of piperidine rings is 1. The summed E-state index contributed by atoms with van der Waals surface area (Å²) in [6, 6.07) is 5.94. The van der Waals surface area contributed by atoms with Crippen LogP contribution in [0.15, 0.2) is 34.2 Å². The Labute approximate surface area is 147 Å². The number of hydrogen-bond donors (Lipinski definition) is 2. The molecule has 1 fully saturated rings. The van der Waals surface area contributed by atoms with Crippen molar-refractivity contribution in [3.63, 3.8) is 0 Å². The molecule has 2 aliphatic heterocycles. The van der Waals surface area contributed by atoms with Gasteiger partial charge < -0.3 is 10.6 Å². The fraction of sp³-hybridized carbons (Fsp3) is 0.467. The number of benzene rings is 1. The number of hydrogen-bond acceptors (Lipinski definition) is 5. The van der Waals surface area contributed by atoms with Crippen molar-refractivity contribution in [3.8, 4) is 0 Å². The quantitative estimate of drug-likeness (QED) is 0.787. The van der Waals surface area contributed by atoms with Crippen LogP contribution in [0, 0.1) is 0 Å². The van der Waals surface area contributed by atoms with Crippen molar-refractivity contribution in [1.29, 1.82) is 0 Å². The number of aliphatic imine (C=N–C) groups is 1. The average molecular weight is 373 g/mol. The molecule has 1 saturated heterocycles. The number of likely N-dealkylation sites (tertiary alicyclic amines) is 1. The van der Waals surface area contributed by atoms with Crippen molar-refractivity contribution in [2.24, 2.45) is 10.7 Å². The second-order valence-corrected chi connectivity index (χ2v) is 7.59. The number of carbonyl (C=O) groups is 1. The lowest BCUT2D eigenvalue weighted by Gasteiger charge is -2.31. The maximum atomic E-state index is 12.5. The molecule has 1 aromatic carbocycles. The third kappa shape index (κ3) is 3.55. The summed E-state index contributed by atoms with van der Waals surface area (Å²) in [4.78, 5) is 18.7. The highest BCUT2D eigenvalue weighted by atomic mass is 35.5. The van der Waals surface area contributed by atoms with E-state index in [2.05, 4.69) is 9.71 Å². The van der Waals surface area contributed by atoms with E-state index in [4.69, 9.17) is 5.73 Å². The average Bonchev–Trinajstić information content (AvgIpc) is 2.78. The number of nitrogens with one attached hydrogen (secondary N) is 1. The number of nitrogens with two attached hydrogens (primary N) is 1. The molecule has 2 unspecified atom stereocenters. The molecule has 0 aliphatic carbocycles. The fourth-order valence-electron chi connectivity index (χ4n) is 2.95. The van der Waals surface area contributed by atoms with Crippen molar-refractivity contribution >= 4 is 34.2 Å². The second-order valence-electron chi connectivity index (χ2n) is 5.94. The molecule has 3 rings (SSSR count). The third-order valence-corrected chi connectivity index (χ3v) is 5.51. The van der Waals surface area contributed by atoms with Crippen LogP contribution < -0.4 is 10.5 Å². The zero-order valence-corrected chi connectivity index (χ0v) is 14.9. The Bertz CT molecular complexity index is 766. The predicted octanol–water partition coefficient (Wildman–Crippen LogP) is 0.485. The molecular formula is C15H21ClN4O3S. The fourth-order valence-corrected chi connectivity index (χ4v) is 4.19. The number of sulfonamides is 1. The largest absolute Gasteiger partial charge is 0.339 e. The lowest BCUT2D eigenvalue weighted by Crippen LogP contribution is -2.48. The van der Waals surface area contributed by atoms with E-state index in [0.29, 0.717) is 18.7 Å². The molecule has 2 aliphatic rings. The molecule has 0 radical (unpaired) electrons. The van der Waals surface area contributed by atoms with Gasteiger partial charge in [-0.3, -0.25) is 14.5 Å². The van der Waals surface area contributed by atoms with Crippen LogP contribution in [0.4, 0.5) is 0 Å². The first-order valence-electron chi connectivity index (χ1n) is 7.63. The van der Waals surface area contributed by atoms with Gasteiger partial charge in [0.25, 0.3) is 10.0 Å². The Morgan fingerprint density at radius 2 is 2.12 bits per heavy atom. The Kier molecular flexibility index (Phi) is 5.52. The van der Waals surface area contributed by atoms with Gasteiger partial charge in [0.05, 0.1) is 4.90 Å². The molecule has 1 amide bonds. The predicted molar refractivity (Wildman–Crippen MR) is 93.8 cm³/mol. The van der Waals surface area contributed by atoms with Gasteiger partial charge in [-0.1, -0.05) is 12.1 Å². The Hall–Kier alpha value is -1.64. The number of amides is 1. The summed E-state index contributed by atoms with van der Waals surface area (Å²) in [5.74, 6) is 0.0963. The topological polar surface area (TPSA) is 105 Å². The van der Waals surface area contributed by atoms with E-state index in [1.807, 2.05) is 0 Å². The van der Waals surface area contributed by atoms with Crippen LogP contribution in [0.5, 0.6) is 0 Å². The molecule has 0 aromatic heterocycles. The number of rotatable bonds is 2. The number of halogens is 1. The maximum Gasteiger partial charge on any atom is 0.263 e. The molecule has 2 atom stereocenters. The lowest BCUT2D eigenvalue weighted by molar-refractivity contribution is -0.133. The number of nitrogens with zero attached hydrogens (tertiary/aromatic N) is 2. The summed E-state index contributed by atoms with van der Waals surface area (Å²) in [6.45, 7) is 2.87. The third-order valence-electron chi connectivity index (χ3n) is 4.11. The van der Waals surface area contributed by atoms with Crippen LogP contribution in [-0.2, 0) is 14.8 Å². The van der Waals surface area contributed by atoms with E-state index < -0.39 is 16.1 Å². The number of amidine groups is 1. The molecule has 0 saturated carbocycles. The van der Waals surface area contributed by atoms with Crippen molar-refractivity contribution in [2.45, 2.75) is 36.7 Å². The van der Waals surface area contributed by atoms with Gasteiger partial charge in [-0.05, 0) is 31.9 Å². The van der Waals surface area contributed by atoms with Gasteiger partial charge in [0.1, 0.15) is 11.9 Å². The smallest absolute Gasteiger partial charge is 0.263 e. The van der Waals surface area contributed by atoms with Gasteiger partial charge in [0, 0.05) is 24.7 Å². The standard InChI is InChI=1S/C15H20N4O3S.ClH/c1-10(15(20)19-8-4-5-11(16)9-19)17-14-12-6-2-3-7-13(12)23(21,22)18-14;/h2-3,6-7,10-11H,4-5,8-9,16H2,1H3,(H,17,18);1H. The molecule has 0 spiro atoms. The summed E-state index contributed by atoms with van der Waals surface area (Å²) in [5.41, 5.74) is 6.41. The molecule has 7 nitrogen and oxygen atoms in total. The van der Waals surface area contributed by atoms with Crippen LogP contribution in [-0.4, -0.2) is 50.2 Å². The first-order chi connectivity index (χ1) is 10.9. The monoisotopic (exact) mass is 372 g/mol. The zero-order valence-electron chi connectivity index (χ0n) is 13.3. The van der Waals surface area contributed by atoms with Crippen molar-refractivity contribution in [2.75, 3.05) is 13.1 Å². The minimum Gasteiger partial charge on any atom is -0.339 e. The van der Waals surface area contributed by atoms with Gasteiger partial charge in [0.15, 0.2) is 0 Å². The summed E-state index contributed by atoms with van der Waals surface area (Å²) < 4.78 is 26.5. The molecule has 24 heavy (non-hydrogen) atoms. The number of fused-ring (bicyclic) bond motifs is 1. The Morgan fingerprint density at radius 1 is 1.42 bits per heavy atom. The molecule has 3 N–H and O–H groups in total. The van der Waals surface area contributed by atoms with Gasteiger partial charge in [-0.25, -0.2) is 8.42 Å². The first kappa shape index (κ1) is 18.7. The van der Waals surface area contributed by atoms with E-state index >= 15 is 0 Å². The minimum absolute atomic E-state index is 0. The first-order valence-corrected chi connectivity index (χ1v) is 9.11. The van der Waals surface area contributed by atoms with Gasteiger partial charge >= 0.3 is 0 Å². The zero-order chi connectivity index (χ0) is 16.6. The molecule has 2 heterocycles. The van der Waals surface area contributed by atoms with Crippen LogP contribution in [0.3, 0.4) is 0 Å². The highest BCUT2D eigenvalue weighted by Crippen LogP contribution is 2.23. The highest BCUT2D eigenvalue weighted by molar-refractivity contribution is 7.90.